The topological polar surface area (TPSA) is 80.9 Å². The first-order valence-corrected chi connectivity index (χ1v) is 7.78. The molecule has 1 aliphatic rings. The van der Waals surface area contributed by atoms with E-state index in [1.165, 1.54) is 27.6 Å². The van der Waals surface area contributed by atoms with Crippen LogP contribution in [0.15, 0.2) is 5.51 Å². The van der Waals surface area contributed by atoms with E-state index in [4.69, 9.17) is 5.73 Å². The van der Waals surface area contributed by atoms with Crippen molar-refractivity contribution in [3.8, 4) is 0 Å². The van der Waals surface area contributed by atoms with Gasteiger partial charge in [-0.2, -0.15) is 0 Å². The molecule has 2 heterocycles. The first-order chi connectivity index (χ1) is 9.13. The molecule has 2 aromatic heterocycles. The Hall–Kier alpha value is -1.31. The van der Waals surface area contributed by atoms with Gasteiger partial charge >= 0.3 is 0 Å². The lowest BCUT2D eigenvalue weighted by molar-refractivity contribution is 0.103. The number of rotatable bonds is 2. The zero-order valence-corrected chi connectivity index (χ0v) is 12.1. The van der Waals surface area contributed by atoms with E-state index in [1.807, 2.05) is 6.92 Å². The van der Waals surface area contributed by atoms with Gasteiger partial charge in [-0.15, -0.1) is 22.7 Å². The molecule has 0 saturated heterocycles. The summed E-state index contributed by atoms with van der Waals surface area (Å²) in [6.07, 6.45) is 2.74. The van der Waals surface area contributed by atoms with Gasteiger partial charge in [0.1, 0.15) is 4.88 Å². The number of aryl methyl sites for hydroxylation is 2. The third kappa shape index (κ3) is 2.54. The van der Waals surface area contributed by atoms with Crippen molar-refractivity contribution in [3.05, 3.63) is 26.7 Å². The van der Waals surface area contributed by atoms with E-state index in [0.717, 1.165) is 30.7 Å². The van der Waals surface area contributed by atoms with Gasteiger partial charge in [0, 0.05) is 10.9 Å². The highest BCUT2D eigenvalue weighted by atomic mass is 32.1. The molecule has 0 saturated carbocycles. The van der Waals surface area contributed by atoms with Gasteiger partial charge < -0.3 is 5.73 Å². The molecule has 0 bridgehead atoms. The fraction of sp³-hybridized carbons (Fsp3) is 0.417. The number of hydrogen-bond acceptors (Lipinski definition) is 6. The van der Waals surface area contributed by atoms with Gasteiger partial charge in [0.15, 0.2) is 5.13 Å². The Morgan fingerprint density at radius 2 is 2.42 bits per heavy atom. The molecule has 0 spiro atoms. The summed E-state index contributed by atoms with van der Waals surface area (Å²) in [5.41, 5.74) is 9.46. The minimum atomic E-state index is -0.129. The number of fused-ring (bicyclic) bond motifs is 1. The molecule has 0 fully saturated rings. The molecule has 2 aromatic rings. The van der Waals surface area contributed by atoms with E-state index in [0.29, 0.717) is 10.0 Å². The summed E-state index contributed by atoms with van der Waals surface area (Å²) in [5.74, 6) is -0.129. The first kappa shape index (κ1) is 12.7. The third-order valence-corrected chi connectivity index (χ3v) is 5.11. The van der Waals surface area contributed by atoms with Gasteiger partial charge in [0.05, 0.1) is 16.9 Å². The van der Waals surface area contributed by atoms with Crippen LogP contribution >= 0.6 is 22.7 Å². The second kappa shape index (κ2) is 4.99. The number of thiazole rings is 2. The molecule has 5 nitrogen and oxygen atoms in total. The van der Waals surface area contributed by atoms with Crippen molar-refractivity contribution < 1.29 is 4.79 Å². The monoisotopic (exact) mass is 294 g/mol. The molecule has 7 heteroatoms. The number of carbonyl (C=O) groups excluding carboxylic acids is 1. The summed E-state index contributed by atoms with van der Waals surface area (Å²) in [6.45, 7) is 1.83. The minimum absolute atomic E-state index is 0.129. The number of aromatic nitrogens is 2. The normalized spacial score (nSPS) is 18.1. The number of nitrogens with two attached hydrogens (primary N) is 1. The Morgan fingerprint density at radius 1 is 1.58 bits per heavy atom. The Bertz CT molecular complexity index is 619. The molecule has 0 aromatic carbocycles. The Kier molecular flexibility index (Phi) is 3.34. The van der Waals surface area contributed by atoms with E-state index < -0.39 is 0 Å². The lowest BCUT2D eigenvalue weighted by Gasteiger charge is -2.15. The Morgan fingerprint density at radius 3 is 3.16 bits per heavy atom. The van der Waals surface area contributed by atoms with Crippen LogP contribution in [0.4, 0.5) is 5.13 Å². The zero-order valence-electron chi connectivity index (χ0n) is 10.5. The molecular weight excluding hydrogens is 280 g/mol. The average molecular weight is 294 g/mol. The molecule has 0 unspecified atom stereocenters. The summed E-state index contributed by atoms with van der Waals surface area (Å²) in [5, 5.41) is 3.52. The molecule has 0 radical (unpaired) electrons. The largest absolute Gasteiger partial charge is 0.327 e. The summed E-state index contributed by atoms with van der Waals surface area (Å²) < 4.78 is 0. The molecule has 100 valence electrons. The van der Waals surface area contributed by atoms with Crippen LogP contribution in [0.5, 0.6) is 0 Å². The second-order valence-corrected chi connectivity index (χ2v) is 6.55. The van der Waals surface area contributed by atoms with Crippen molar-refractivity contribution in [2.45, 2.75) is 32.2 Å². The van der Waals surface area contributed by atoms with E-state index in [2.05, 4.69) is 15.3 Å². The van der Waals surface area contributed by atoms with Crippen LogP contribution in [-0.4, -0.2) is 21.9 Å². The molecular formula is C12H14N4OS2. The van der Waals surface area contributed by atoms with Gasteiger partial charge in [-0.3, -0.25) is 10.1 Å². The highest BCUT2D eigenvalue weighted by Gasteiger charge is 2.21. The van der Waals surface area contributed by atoms with Crippen molar-refractivity contribution in [1.82, 2.24) is 9.97 Å². The van der Waals surface area contributed by atoms with Gasteiger partial charge in [-0.25, -0.2) is 9.97 Å². The lowest BCUT2D eigenvalue weighted by atomic mass is 9.99. The average Bonchev–Trinajstić information content (AvgIpc) is 2.94. The van der Waals surface area contributed by atoms with Crippen molar-refractivity contribution in [3.63, 3.8) is 0 Å². The number of anilines is 1. The van der Waals surface area contributed by atoms with Gasteiger partial charge in [-0.05, 0) is 26.2 Å². The highest BCUT2D eigenvalue weighted by molar-refractivity contribution is 7.16. The van der Waals surface area contributed by atoms with E-state index in [-0.39, 0.29) is 11.9 Å². The van der Waals surface area contributed by atoms with E-state index >= 15 is 0 Å². The van der Waals surface area contributed by atoms with Crippen molar-refractivity contribution in [2.24, 2.45) is 5.73 Å². The minimum Gasteiger partial charge on any atom is -0.327 e. The molecule has 3 N–H and O–H groups in total. The van der Waals surface area contributed by atoms with E-state index in [9.17, 15) is 4.79 Å². The van der Waals surface area contributed by atoms with Crippen molar-refractivity contribution in [1.29, 1.82) is 0 Å². The van der Waals surface area contributed by atoms with Crippen LogP contribution in [0, 0.1) is 6.92 Å². The van der Waals surface area contributed by atoms with Crippen LogP contribution in [0.25, 0.3) is 0 Å². The summed E-state index contributed by atoms with van der Waals surface area (Å²) in [6, 6.07) is 0.222. The highest BCUT2D eigenvalue weighted by Crippen LogP contribution is 2.29. The van der Waals surface area contributed by atoms with Crippen LogP contribution in [0.1, 0.15) is 32.4 Å². The Balaban J connectivity index is 1.78. The van der Waals surface area contributed by atoms with Crippen LogP contribution in [0.3, 0.4) is 0 Å². The summed E-state index contributed by atoms with van der Waals surface area (Å²) in [7, 11) is 0. The van der Waals surface area contributed by atoms with Crippen LogP contribution < -0.4 is 11.1 Å². The van der Waals surface area contributed by atoms with Crippen molar-refractivity contribution in [2.75, 3.05) is 5.32 Å². The number of carbonyl (C=O) groups is 1. The smallest absolute Gasteiger partial charge is 0.269 e. The van der Waals surface area contributed by atoms with Crippen molar-refractivity contribution >= 4 is 33.7 Å². The summed E-state index contributed by atoms with van der Waals surface area (Å²) in [4.78, 5) is 22.5. The van der Waals surface area contributed by atoms with Gasteiger partial charge in [0.25, 0.3) is 5.91 Å². The molecule has 1 amide bonds. The van der Waals surface area contributed by atoms with Crippen LogP contribution in [-0.2, 0) is 12.8 Å². The van der Waals surface area contributed by atoms with Crippen LogP contribution in [0.2, 0.25) is 0 Å². The quantitative estimate of drug-likeness (QED) is 0.887. The molecule has 19 heavy (non-hydrogen) atoms. The predicted molar refractivity (Wildman–Crippen MR) is 76.9 cm³/mol. The molecule has 0 aliphatic heterocycles. The lowest BCUT2D eigenvalue weighted by Crippen LogP contribution is -2.27. The van der Waals surface area contributed by atoms with Gasteiger partial charge in [-0.1, -0.05) is 0 Å². The molecule has 3 rings (SSSR count). The second-order valence-electron chi connectivity index (χ2n) is 4.61. The SMILES string of the molecule is Cc1ncsc1C(=O)Nc1nc2c(s1)C[C@@H](N)CC2. The van der Waals surface area contributed by atoms with E-state index in [1.54, 1.807) is 5.51 Å². The maximum absolute atomic E-state index is 12.1. The maximum Gasteiger partial charge on any atom is 0.269 e. The number of hydrogen-bond donors (Lipinski definition) is 2. The molecule has 1 aliphatic carbocycles. The third-order valence-electron chi connectivity index (χ3n) is 3.15. The zero-order chi connectivity index (χ0) is 13.4. The number of amides is 1. The number of nitrogens with one attached hydrogen (secondary N) is 1. The first-order valence-electron chi connectivity index (χ1n) is 6.09. The van der Waals surface area contributed by atoms with Gasteiger partial charge in [0.2, 0.25) is 0 Å². The fourth-order valence-corrected chi connectivity index (χ4v) is 3.92. The maximum atomic E-state index is 12.1. The predicted octanol–water partition coefficient (Wildman–Crippen LogP) is 1.98. The fourth-order valence-electron chi connectivity index (χ4n) is 2.13. The summed E-state index contributed by atoms with van der Waals surface area (Å²) >= 11 is 2.88. The number of nitrogens with zero attached hydrogens (tertiary/aromatic N) is 2. The Labute approximate surface area is 118 Å². The molecule has 1 atom stereocenters. The standard InChI is InChI=1S/C12H14N4OS2/c1-6-10(18-5-14-6)11(17)16-12-15-8-3-2-7(13)4-9(8)19-12/h5,7H,2-4,13H2,1H3,(H,15,16,17)/t7-/m0/s1.